The van der Waals surface area contributed by atoms with E-state index in [0.717, 1.165) is 11.6 Å². The molecule has 2 atom stereocenters. The van der Waals surface area contributed by atoms with E-state index in [1.165, 1.54) is 32.4 Å². The van der Waals surface area contributed by atoms with Crippen molar-refractivity contribution >= 4 is 28.0 Å². The summed E-state index contributed by atoms with van der Waals surface area (Å²) in [6, 6.07) is 9.63. The van der Waals surface area contributed by atoms with Crippen LogP contribution in [0.4, 0.5) is 0 Å². The summed E-state index contributed by atoms with van der Waals surface area (Å²) in [5, 5.41) is 10.3. The Morgan fingerprint density at radius 1 is 1.05 bits per heavy atom. The van der Waals surface area contributed by atoms with Gasteiger partial charge in [-0.05, 0) is 50.6 Å². The molecule has 0 aliphatic rings. The van der Waals surface area contributed by atoms with E-state index in [0.29, 0.717) is 36.4 Å². The van der Waals surface area contributed by atoms with Gasteiger partial charge in [-0.2, -0.15) is 8.42 Å². The Kier molecular flexibility index (Phi) is 11.1. The Morgan fingerprint density at radius 2 is 1.71 bits per heavy atom. The van der Waals surface area contributed by atoms with Crippen LogP contribution >= 0.6 is 0 Å². The summed E-state index contributed by atoms with van der Waals surface area (Å²) in [4.78, 5) is 26.7. The minimum absolute atomic E-state index is 0.0353. The van der Waals surface area contributed by atoms with E-state index in [4.69, 9.17) is 15.2 Å². The fourth-order valence-electron chi connectivity index (χ4n) is 4.52. The molecule has 1 amide bonds. The zero-order chi connectivity index (χ0) is 28.5. The summed E-state index contributed by atoms with van der Waals surface area (Å²) in [5.74, 6) is -1.75. The number of para-hydroxylation sites is 1. The summed E-state index contributed by atoms with van der Waals surface area (Å²) in [7, 11) is -1.58. The van der Waals surface area contributed by atoms with Crippen LogP contribution < -0.4 is 15.2 Å². The number of amides is 1. The highest BCUT2D eigenvalue weighted by atomic mass is 32.2. The Bertz CT molecular complexity index is 1240. The van der Waals surface area contributed by atoms with Gasteiger partial charge in [-0.3, -0.25) is 0 Å². The molecule has 0 fully saturated rings. The zero-order valence-corrected chi connectivity index (χ0v) is 23.5. The van der Waals surface area contributed by atoms with Gasteiger partial charge in [-0.25, -0.2) is 9.59 Å². The lowest BCUT2D eigenvalue weighted by Crippen LogP contribution is -2.65. The van der Waals surface area contributed by atoms with Crippen LogP contribution in [0.15, 0.2) is 53.4 Å². The number of aryl methyl sites for hydroxylation is 1. The molecule has 2 rings (SSSR count). The number of methoxy groups -OCH3 is 2. The number of hydrogen-bond donors (Lipinski definition) is 2. The van der Waals surface area contributed by atoms with Gasteiger partial charge in [0.2, 0.25) is 6.04 Å². The molecule has 2 aromatic rings. The number of rotatable bonds is 14. The second-order valence-electron chi connectivity index (χ2n) is 9.55. The highest BCUT2D eigenvalue weighted by Crippen LogP contribution is 2.35. The third kappa shape index (κ3) is 6.61. The second-order valence-corrected chi connectivity index (χ2v) is 11.6. The molecule has 38 heavy (non-hydrogen) atoms. The van der Waals surface area contributed by atoms with Gasteiger partial charge >= 0.3 is 21.9 Å². The van der Waals surface area contributed by atoms with E-state index in [9.17, 15) is 23.1 Å². The SMILES string of the molecule is COc1cccc(C=CC(=O)[N+](CC(C)C)([C@@H](CCCCN)C(=O)O)S(=O)(=O)c2ccc(C)cc2)c1OC. The lowest BCUT2D eigenvalue weighted by molar-refractivity contribution is -0.749. The van der Waals surface area contributed by atoms with E-state index in [1.54, 1.807) is 44.2 Å². The van der Waals surface area contributed by atoms with Crippen LogP contribution in [0.3, 0.4) is 0 Å². The molecule has 0 bridgehead atoms. The fourth-order valence-corrected chi connectivity index (χ4v) is 6.70. The number of quaternary nitrogens is 1. The largest absolute Gasteiger partial charge is 0.493 e. The lowest BCUT2D eigenvalue weighted by atomic mass is 10.0. The number of carbonyl (C=O) groups is 2. The number of sulfonamides is 1. The van der Waals surface area contributed by atoms with Gasteiger partial charge in [0.1, 0.15) is 11.4 Å². The summed E-state index contributed by atoms with van der Waals surface area (Å²) in [6.45, 7) is 5.44. The highest BCUT2D eigenvalue weighted by molar-refractivity contribution is 7.86. The minimum Gasteiger partial charge on any atom is -0.493 e. The Hall–Kier alpha value is -3.21. The minimum atomic E-state index is -4.52. The number of benzene rings is 2. The average molecular weight is 548 g/mol. The van der Waals surface area contributed by atoms with E-state index >= 15 is 0 Å². The summed E-state index contributed by atoms with van der Waals surface area (Å²) in [5.41, 5.74) is 6.93. The molecule has 0 spiro atoms. The molecular formula is C28H39N2O7S+. The normalized spacial score (nSPS) is 14.3. The maximum absolute atomic E-state index is 14.3. The molecule has 0 saturated heterocycles. The molecule has 0 heterocycles. The van der Waals surface area contributed by atoms with Crippen LogP contribution in [-0.2, 0) is 19.6 Å². The maximum atomic E-state index is 14.3. The molecule has 0 aliphatic heterocycles. The van der Waals surface area contributed by atoms with Crippen LogP contribution in [0.5, 0.6) is 11.5 Å². The number of hydrogen-bond acceptors (Lipinski definition) is 7. The van der Waals surface area contributed by atoms with Crippen molar-refractivity contribution in [1.82, 2.24) is 0 Å². The topological polar surface area (TPSA) is 133 Å². The zero-order valence-electron chi connectivity index (χ0n) is 22.7. The number of carbonyl (C=O) groups excluding carboxylic acids is 1. The van der Waals surface area contributed by atoms with E-state index in [2.05, 4.69) is 0 Å². The summed E-state index contributed by atoms with van der Waals surface area (Å²) >= 11 is 0. The second kappa shape index (κ2) is 13.5. The Labute approximate surface area is 225 Å². The highest BCUT2D eigenvalue weighted by Gasteiger charge is 2.57. The number of unbranched alkanes of at least 4 members (excludes halogenated alkanes) is 1. The first kappa shape index (κ1) is 31.0. The van der Waals surface area contributed by atoms with Crippen molar-refractivity contribution in [1.29, 1.82) is 0 Å². The lowest BCUT2D eigenvalue weighted by Gasteiger charge is -2.39. The van der Waals surface area contributed by atoms with Crippen molar-refractivity contribution in [2.45, 2.75) is 51.0 Å². The number of carboxylic acid groups (broad SMARTS) is 1. The number of ether oxygens (including phenoxy) is 2. The van der Waals surface area contributed by atoms with Gasteiger partial charge in [0.05, 0.1) is 14.2 Å². The summed E-state index contributed by atoms with van der Waals surface area (Å²) in [6.07, 6.45) is 3.38. The first-order chi connectivity index (χ1) is 18.0. The van der Waals surface area contributed by atoms with Gasteiger partial charge < -0.3 is 20.3 Å². The number of aliphatic carboxylic acids is 1. The van der Waals surface area contributed by atoms with Crippen molar-refractivity contribution in [2.24, 2.45) is 11.7 Å². The molecule has 0 aromatic heterocycles. The van der Waals surface area contributed by atoms with Crippen molar-refractivity contribution in [3.8, 4) is 11.5 Å². The van der Waals surface area contributed by atoms with Gasteiger partial charge in [0.15, 0.2) is 11.5 Å². The van der Waals surface area contributed by atoms with Crippen LogP contribution in [0, 0.1) is 12.8 Å². The third-order valence-electron chi connectivity index (χ3n) is 6.32. The molecule has 208 valence electrons. The molecule has 0 saturated carbocycles. The fraction of sp³-hybridized carbons (Fsp3) is 0.429. The van der Waals surface area contributed by atoms with Crippen LogP contribution in [-0.4, -0.2) is 62.6 Å². The third-order valence-corrected chi connectivity index (χ3v) is 8.63. The molecule has 9 nitrogen and oxygen atoms in total. The van der Waals surface area contributed by atoms with Gasteiger partial charge in [0, 0.05) is 24.0 Å². The van der Waals surface area contributed by atoms with Crippen LogP contribution in [0.2, 0.25) is 0 Å². The first-order valence-corrected chi connectivity index (χ1v) is 14.0. The standard InChI is InChI=1S/C28H38N2O7S/c1-20(2)19-30(24(28(32)33)10-6-7-18-29,38(34,35)23-15-12-21(3)13-16-23)26(31)17-14-22-9-8-11-25(36-4)27(22)37-5/h8-9,11-17,20,24H,6-7,10,18-19,29H2,1-5H3/p+1/t24-,30?/m0/s1. The molecule has 0 radical (unpaired) electrons. The van der Waals surface area contributed by atoms with Crippen molar-refractivity contribution < 1.29 is 36.5 Å². The maximum Gasteiger partial charge on any atom is 0.364 e. The van der Waals surface area contributed by atoms with Crippen LogP contribution in [0.1, 0.15) is 44.2 Å². The Balaban J connectivity index is 2.82. The Morgan fingerprint density at radius 3 is 2.24 bits per heavy atom. The van der Waals surface area contributed by atoms with Gasteiger partial charge in [-0.15, -0.1) is 3.89 Å². The molecule has 1 unspecified atom stereocenters. The monoisotopic (exact) mass is 547 g/mol. The van der Waals surface area contributed by atoms with Crippen molar-refractivity contribution in [2.75, 3.05) is 27.3 Å². The van der Waals surface area contributed by atoms with Crippen molar-refractivity contribution in [3.05, 3.63) is 59.7 Å². The van der Waals surface area contributed by atoms with Gasteiger partial charge in [0.25, 0.3) is 0 Å². The van der Waals surface area contributed by atoms with Gasteiger partial charge in [-0.1, -0.05) is 43.7 Å². The number of nitrogens with two attached hydrogens (primary N) is 1. The van der Waals surface area contributed by atoms with E-state index < -0.39 is 31.8 Å². The summed E-state index contributed by atoms with van der Waals surface area (Å²) < 4.78 is 38.2. The predicted molar refractivity (Wildman–Crippen MR) is 146 cm³/mol. The molecule has 2 aromatic carbocycles. The van der Waals surface area contributed by atoms with E-state index in [1.807, 2.05) is 6.92 Å². The smallest absolute Gasteiger partial charge is 0.364 e. The van der Waals surface area contributed by atoms with Crippen molar-refractivity contribution in [3.63, 3.8) is 0 Å². The van der Waals surface area contributed by atoms with E-state index in [-0.39, 0.29) is 23.8 Å². The average Bonchev–Trinajstić information content (AvgIpc) is 2.88. The molecular weight excluding hydrogens is 508 g/mol. The molecule has 3 N–H and O–H groups in total. The first-order valence-electron chi connectivity index (χ1n) is 12.5. The predicted octanol–water partition coefficient (Wildman–Crippen LogP) is 4.00. The van der Waals surface area contributed by atoms with Crippen LogP contribution in [0.25, 0.3) is 6.08 Å². The number of nitrogens with zero attached hydrogens (tertiary/aromatic N) is 1. The molecule has 10 heteroatoms. The quantitative estimate of drug-likeness (QED) is 0.206. The number of carboxylic acids is 1. The molecule has 0 aliphatic carbocycles.